The topological polar surface area (TPSA) is 64.4 Å². The zero-order valence-corrected chi connectivity index (χ0v) is 18.5. The first-order valence-corrected chi connectivity index (χ1v) is 11.2. The van der Waals surface area contributed by atoms with Crippen molar-refractivity contribution in [2.75, 3.05) is 0 Å². The number of alkyl halides is 3. The maximum Gasteiger partial charge on any atom is 0.417 e. The molecule has 5 nitrogen and oxygen atoms in total. The highest BCUT2D eigenvalue weighted by Gasteiger charge is 2.30. The Kier molecular flexibility index (Phi) is 7.35. The minimum Gasteiger partial charge on any atom is -0.439 e. The lowest BCUT2D eigenvalue weighted by molar-refractivity contribution is -0.137. The lowest BCUT2D eigenvalue weighted by atomic mass is 9.88. The molecule has 0 radical (unpaired) electrons. The third kappa shape index (κ3) is 6.27. The standard InChI is InChI=1S/C26H24F3N3O2/c27-26(28,29)21-11-12-24(31-17-21)34-22-10-4-9-20(15-22)23(14-18-6-5-13-30-16-18)32-25(33)19-7-2-1-3-8-19/h4-6,9-13,15-17,19H,1-3,7-8,14H2. The largest absolute Gasteiger partial charge is 0.439 e. The maximum atomic E-state index is 12.9. The van der Waals surface area contributed by atoms with Gasteiger partial charge in [-0.15, -0.1) is 0 Å². The first-order valence-electron chi connectivity index (χ1n) is 11.2. The van der Waals surface area contributed by atoms with Crippen LogP contribution in [0.1, 0.15) is 48.8 Å². The zero-order chi connectivity index (χ0) is 24.0. The van der Waals surface area contributed by atoms with Crippen molar-refractivity contribution in [2.24, 2.45) is 10.9 Å². The van der Waals surface area contributed by atoms with E-state index < -0.39 is 11.7 Å². The molecule has 1 saturated carbocycles. The van der Waals surface area contributed by atoms with Crippen molar-refractivity contribution in [2.45, 2.75) is 44.7 Å². The Morgan fingerprint density at radius 3 is 2.53 bits per heavy atom. The van der Waals surface area contributed by atoms with E-state index in [4.69, 9.17) is 4.74 Å². The summed E-state index contributed by atoms with van der Waals surface area (Å²) in [6, 6.07) is 12.8. The fourth-order valence-electron chi connectivity index (χ4n) is 3.94. The van der Waals surface area contributed by atoms with Crippen LogP contribution in [0.5, 0.6) is 11.6 Å². The van der Waals surface area contributed by atoms with Crippen LogP contribution in [0.25, 0.3) is 0 Å². The number of rotatable bonds is 6. The Balaban J connectivity index is 1.59. The number of hydrogen-bond acceptors (Lipinski definition) is 4. The van der Waals surface area contributed by atoms with Crippen molar-refractivity contribution in [3.05, 3.63) is 83.8 Å². The average molecular weight is 467 g/mol. The van der Waals surface area contributed by atoms with Gasteiger partial charge < -0.3 is 4.74 Å². The molecule has 176 valence electrons. The van der Waals surface area contributed by atoms with Crippen molar-refractivity contribution in [1.82, 2.24) is 9.97 Å². The van der Waals surface area contributed by atoms with Crippen LogP contribution in [-0.4, -0.2) is 21.6 Å². The molecule has 2 heterocycles. The van der Waals surface area contributed by atoms with Crippen LogP contribution in [0, 0.1) is 5.92 Å². The molecule has 4 rings (SSSR count). The van der Waals surface area contributed by atoms with Crippen molar-refractivity contribution in [1.29, 1.82) is 0 Å². The molecular formula is C26H24F3N3O2. The Bertz CT molecular complexity index is 1140. The summed E-state index contributed by atoms with van der Waals surface area (Å²) < 4.78 is 44.0. The highest BCUT2D eigenvalue weighted by molar-refractivity contribution is 6.08. The number of hydrogen-bond donors (Lipinski definition) is 0. The molecule has 1 aromatic carbocycles. The van der Waals surface area contributed by atoms with Gasteiger partial charge in [-0.1, -0.05) is 37.5 Å². The number of carbonyl (C=O) groups excluding carboxylic acids is 1. The van der Waals surface area contributed by atoms with Crippen molar-refractivity contribution >= 4 is 11.6 Å². The van der Waals surface area contributed by atoms with Gasteiger partial charge in [0.25, 0.3) is 0 Å². The van der Waals surface area contributed by atoms with Crippen LogP contribution < -0.4 is 4.74 Å². The summed E-state index contributed by atoms with van der Waals surface area (Å²) in [6.07, 6.45) is 5.01. The first kappa shape index (κ1) is 23.6. The third-order valence-corrected chi connectivity index (χ3v) is 5.75. The van der Waals surface area contributed by atoms with Gasteiger partial charge in [-0.05, 0) is 42.7 Å². The number of aromatic nitrogens is 2. The van der Waals surface area contributed by atoms with E-state index in [-0.39, 0.29) is 17.7 Å². The van der Waals surface area contributed by atoms with Crippen LogP contribution in [-0.2, 0) is 17.4 Å². The predicted molar refractivity (Wildman–Crippen MR) is 122 cm³/mol. The Labute approximate surface area is 195 Å². The molecule has 1 aliphatic carbocycles. The highest BCUT2D eigenvalue weighted by Crippen LogP contribution is 2.30. The van der Waals surface area contributed by atoms with E-state index in [0.717, 1.165) is 49.9 Å². The lowest BCUT2D eigenvalue weighted by Gasteiger charge is -2.19. The SMILES string of the molecule is O=C(N=C(Cc1cccnc1)c1cccc(Oc2ccc(C(F)(F)F)cn2)c1)C1CCCCC1. The molecule has 0 unspecified atom stereocenters. The number of aliphatic imine (C=N–C) groups is 1. The number of benzene rings is 1. The van der Waals surface area contributed by atoms with E-state index >= 15 is 0 Å². The number of ether oxygens (including phenoxy) is 1. The summed E-state index contributed by atoms with van der Waals surface area (Å²) in [5.41, 5.74) is 1.35. The predicted octanol–water partition coefficient (Wildman–Crippen LogP) is 6.43. The quantitative estimate of drug-likeness (QED) is 0.392. The molecule has 1 aliphatic rings. The minimum atomic E-state index is -4.46. The maximum absolute atomic E-state index is 12.9. The normalized spacial score (nSPS) is 15.2. The summed E-state index contributed by atoms with van der Waals surface area (Å²) in [5, 5.41) is 0. The van der Waals surface area contributed by atoms with E-state index in [0.29, 0.717) is 23.4 Å². The van der Waals surface area contributed by atoms with Gasteiger partial charge in [-0.3, -0.25) is 9.78 Å². The van der Waals surface area contributed by atoms with E-state index in [2.05, 4.69) is 15.0 Å². The summed E-state index contributed by atoms with van der Waals surface area (Å²) in [6.45, 7) is 0. The van der Waals surface area contributed by atoms with Gasteiger partial charge in [0.1, 0.15) is 5.75 Å². The number of amides is 1. The summed E-state index contributed by atoms with van der Waals surface area (Å²) in [4.78, 5) is 25.3. The highest BCUT2D eigenvalue weighted by atomic mass is 19.4. The van der Waals surface area contributed by atoms with Gasteiger partial charge in [0.15, 0.2) is 0 Å². The minimum absolute atomic E-state index is 0.0363. The van der Waals surface area contributed by atoms with E-state index in [1.165, 1.54) is 6.07 Å². The third-order valence-electron chi connectivity index (χ3n) is 5.75. The summed E-state index contributed by atoms with van der Waals surface area (Å²) in [5.74, 6) is 0.241. The lowest BCUT2D eigenvalue weighted by Crippen LogP contribution is -2.18. The number of pyridine rings is 2. The molecule has 8 heteroatoms. The Morgan fingerprint density at radius 2 is 1.85 bits per heavy atom. The molecule has 0 atom stereocenters. The van der Waals surface area contributed by atoms with Gasteiger partial charge in [0.05, 0.1) is 11.3 Å². The molecule has 1 amide bonds. The van der Waals surface area contributed by atoms with Crippen LogP contribution in [0.2, 0.25) is 0 Å². The molecule has 1 fully saturated rings. The average Bonchev–Trinajstić information content (AvgIpc) is 2.85. The van der Waals surface area contributed by atoms with Gasteiger partial charge in [-0.2, -0.15) is 13.2 Å². The summed E-state index contributed by atoms with van der Waals surface area (Å²) in [7, 11) is 0. The van der Waals surface area contributed by atoms with E-state index in [9.17, 15) is 18.0 Å². The Morgan fingerprint density at radius 1 is 1.03 bits per heavy atom. The van der Waals surface area contributed by atoms with E-state index in [1.807, 2.05) is 18.2 Å². The van der Waals surface area contributed by atoms with Crippen LogP contribution in [0.3, 0.4) is 0 Å². The molecular weight excluding hydrogens is 443 g/mol. The second-order valence-electron chi connectivity index (χ2n) is 8.28. The number of nitrogens with zero attached hydrogens (tertiary/aromatic N) is 3. The molecule has 0 saturated heterocycles. The fourth-order valence-corrected chi connectivity index (χ4v) is 3.94. The van der Waals surface area contributed by atoms with Crippen molar-refractivity contribution in [3.8, 4) is 11.6 Å². The van der Waals surface area contributed by atoms with Gasteiger partial charge >= 0.3 is 6.18 Å². The first-order chi connectivity index (χ1) is 16.4. The molecule has 3 aromatic rings. The summed E-state index contributed by atoms with van der Waals surface area (Å²) >= 11 is 0. The molecule has 0 bridgehead atoms. The van der Waals surface area contributed by atoms with Crippen LogP contribution in [0.15, 0.2) is 72.1 Å². The second kappa shape index (κ2) is 10.6. The number of halogens is 3. The van der Waals surface area contributed by atoms with Crippen molar-refractivity contribution in [3.63, 3.8) is 0 Å². The van der Waals surface area contributed by atoms with Crippen LogP contribution >= 0.6 is 0 Å². The monoisotopic (exact) mass is 467 g/mol. The van der Waals surface area contributed by atoms with Crippen molar-refractivity contribution < 1.29 is 22.7 Å². The van der Waals surface area contributed by atoms with Gasteiger partial charge in [0, 0.05) is 42.6 Å². The van der Waals surface area contributed by atoms with Crippen LogP contribution in [0.4, 0.5) is 13.2 Å². The van der Waals surface area contributed by atoms with Gasteiger partial charge in [0.2, 0.25) is 11.8 Å². The van der Waals surface area contributed by atoms with E-state index in [1.54, 1.807) is 30.6 Å². The molecule has 34 heavy (non-hydrogen) atoms. The smallest absolute Gasteiger partial charge is 0.417 e. The fraction of sp³-hybridized carbons (Fsp3) is 0.308. The van der Waals surface area contributed by atoms with Gasteiger partial charge in [-0.25, -0.2) is 9.98 Å². The zero-order valence-electron chi connectivity index (χ0n) is 18.5. The second-order valence-corrected chi connectivity index (χ2v) is 8.28. The molecule has 2 aromatic heterocycles. The molecule has 0 spiro atoms. The Hall–Kier alpha value is -3.55. The number of carbonyl (C=O) groups is 1. The molecule has 0 aliphatic heterocycles. The molecule has 0 N–H and O–H groups in total.